The molecule has 0 aliphatic carbocycles. The Labute approximate surface area is 197 Å². The van der Waals surface area contributed by atoms with Crippen LogP contribution in [-0.2, 0) is 4.74 Å². The van der Waals surface area contributed by atoms with Crippen LogP contribution in [0.25, 0.3) is 10.9 Å². The summed E-state index contributed by atoms with van der Waals surface area (Å²) in [6, 6.07) is 7.32. The Morgan fingerprint density at radius 1 is 1.26 bits per heavy atom. The smallest absolute Gasteiger partial charge is 0.341 e. The summed E-state index contributed by atoms with van der Waals surface area (Å²) in [6.45, 7) is 3.53. The predicted molar refractivity (Wildman–Crippen MR) is 128 cm³/mol. The Morgan fingerprint density at radius 3 is 2.71 bits per heavy atom. The zero-order valence-corrected chi connectivity index (χ0v) is 19.7. The topological polar surface area (TPSA) is 66.9 Å². The molecule has 1 atom stereocenters. The first-order chi connectivity index (χ1) is 16.3. The highest BCUT2D eigenvalue weighted by atomic mass is 19.1. The predicted octanol–water partition coefficient (Wildman–Crippen LogP) is 4.58. The molecule has 1 aromatic heterocycles. The van der Waals surface area contributed by atoms with Crippen molar-refractivity contribution >= 4 is 33.9 Å². The summed E-state index contributed by atoms with van der Waals surface area (Å²) in [4.78, 5) is 21.6. The third-order valence-corrected chi connectivity index (χ3v) is 6.09. The van der Waals surface area contributed by atoms with Crippen molar-refractivity contribution in [2.75, 3.05) is 51.1 Å². The molecule has 34 heavy (non-hydrogen) atoms. The Bertz CT molecular complexity index is 1220. The normalized spacial score (nSPS) is 15.7. The summed E-state index contributed by atoms with van der Waals surface area (Å²) in [5.74, 6) is -1.40. The maximum atomic E-state index is 14.5. The lowest BCUT2D eigenvalue weighted by Gasteiger charge is -2.24. The van der Waals surface area contributed by atoms with Gasteiger partial charge in [-0.05, 0) is 45.6 Å². The van der Waals surface area contributed by atoms with Crippen LogP contribution in [0.2, 0.25) is 0 Å². The average Bonchev–Trinajstić information content (AvgIpc) is 3.30. The Morgan fingerprint density at radius 2 is 2.06 bits per heavy atom. The molecule has 0 saturated carbocycles. The van der Waals surface area contributed by atoms with Crippen LogP contribution >= 0.6 is 0 Å². The van der Waals surface area contributed by atoms with E-state index in [1.165, 1.54) is 12.3 Å². The quantitative estimate of drug-likeness (QED) is 0.507. The van der Waals surface area contributed by atoms with E-state index in [2.05, 4.69) is 34.2 Å². The van der Waals surface area contributed by atoms with Crippen LogP contribution in [0.4, 0.5) is 25.8 Å². The Balaban J connectivity index is 1.88. The second kappa shape index (κ2) is 9.80. The molecule has 7 nitrogen and oxygen atoms in total. The highest BCUT2D eigenvalue weighted by molar-refractivity contribution is 6.07. The SMILES string of the molecule is CCOC(=O)c1cnc2cc(OC)c(N3CCC(N(C)C)C3)cc2c1Nc1ccc(F)cc1F. The van der Waals surface area contributed by atoms with E-state index in [0.29, 0.717) is 28.4 Å². The number of nitrogens with one attached hydrogen (secondary N) is 1. The summed E-state index contributed by atoms with van der Waals surface area (Å²) in [5, 5.41) is 3.58. The number of rotatable bonds is 7. The van der Waals surface area contributed by atoms with Gasteiger partial charge in [0.25, 0.3) is 0 Å². The van der Waals surface area contributed by atoms with Crippen LogP contribution in [-0.4, -0.2) is 62.8 Å². The van der Waals surface area contributed by atoms with Gasteiger partial charge in [-0.1, -0.05) is 0 Å². The highest BCUT2D eigenvalue weighted by Crippen LogP contribution is 2.39. The van der Waals surface area contributed by atoms with Crippen molar-refractivity contribution < 1.29 is 23.0 Å². The number of hydrogen-bond acceptors (Lipinski definition) is 7. The molecule has 4 rings (SSSR count). The molecule has 2 aromatic carbocycles. The monoisotopic (exact) mass is 470 g/mol. The molecule has 0 amide bonds. The molecule has 1 saturated heterocycles. The van der Waals surface area contributed by atoms with E-state index < -0.39 is 17.6 Å². The molecular weight excluding hydrogens is 442 g/mol. The number of methoxy groups -OCH3 is 1. The minimum absolute atomic E-state index is 0.0330. The molecule has 2 heterocycles. The molecule has 180 valence electrons. The summed E-state index contributed by atoms with van der Waals surface area (Å²) in [6.07, 6.45) is 2.39. The number of ether oxygens (including phenoxy) is 2. The van der Waals surface area contributed by atoms with Crippen LogP contribution < -0.4 is 15.0 Å². The zero-order chi connectivity index (χ0) is 24.4. The molecule has 0 bridgehead atoms. The Hall–Kier alpha value is -3.46. The number of aromatic nitrogens is 1. The van der Waals surface area contributed by atoms with Gasteiger partial charge in [0.2, 0.25) is 0 Å². The van der Waals surface area contributed by atoms with E-state index in [4.69, 9.17) is 9.47 Å². The van der Waals surface area contributed by atoms with Gasteiger partial charge in [0.15, 0.2) is 0 Å². The minimum Gasteiger partial charge on any atom is -0.495 e. The number of halogens is 2. The fourth-order valence-corrected chi connectivity index (χ4v) is 4.22. The van der Waals surface area contributed by atoms with E-state index >= 15 is 0 Å². The third-order valence-electron chi connectivity index (χ3n) is 6.09. The van der Waals surface area contributed by atoms with E-state index in [1.807, 2.05) is 6.07 Å². The summed E-state index contributed by atoms with van der Waals surface area (Å²) in [7, 11) is 5.71. The number of pyridine rings is 1. The molecule has 9 heteroatoms. The molecule has 1 aliphatic rings. The second-order valence-electron chi connectivity index (χ2n) is 8.41. The fourth-order valence-electron chi connectivity index (χ4n) is 4.22. The van der Waals surface area contributed by atoms with Gasteiger partial charge in [0, 0.05) is 42.8 Å². The lowest BCUT2D eigenvalue weighted by molar-refractivity contribution is 0.0527. The third kappa shape index (κ3) is 4.61. The zero-order valence-electron chi connectivity index (χ0n) is 19.7. The van der Waals surface area contributed by atoms with Crippen molar-refractivity contribution in [1.82, 2.24) is 9.88 Å². The molecular formula is C25H28F2N4O3. The van der Waals surface area contributed by atoms with E-state index in [1.54, 1.807) is 20.1 Å². The summed E-state index contributed by atoms with van der Waals surface area (Å²) >= 11 is 0. The number of benzene rings is 2. The molecule has 1 aliphatic heterocycles. The second-order valence-corrected chi connectivity index (χ2v) is 8.41. The van der Waals surface area contributed by atoms with Crippen molar-refractivity contribution in [3.8, 4) is 5.75 Å². The molecule has 1 N–H and O–H groups in total. The van der Waals surface area contributed by atoms with E-state index in [-0.39, 0.29) is 17.9 Å². The number of esters is 1. The fraction of sp³-hybridized carbons (Fsp3) is 0.360. The van der Waals surface area contributed by atoms with Gasteiger partial charge in [0.1, 0.15) is 22.9 Å². The van der Waals surface area contributed by atoms with Gasteiger partial charge in [-0.3, -0.25) is 4.98 Å². The van der Waals surface area contributed by atoms with Crippen LogP contribution in [0, 0.1) is 11.6 Å². The molecule has 3 aromatic rings. The van der Waals surface area contributed by atoms with Crippen molar-refractivity contribution in [2.45, 2.75) is 19.4 Å². The van der Waals surface area contributed by atoms with Crippen molar-refractivity contribution in [1.29, 1.82) is 0 Å². The van der Waals surface area contributed by atoms with Crippen LogP contribution in [0.5, 0.6) is 5.75 Å². The number of hydrogen-bond donors (Lipinski definition) is 1. The minimum atomic E-state index is -0.776. The van der Waals surface area contributed by atoms with Gasteiger partial charge >= 0.3 is 5.97 Å². The van der Waals surface area contributed by atoms with E-state index in [0.717, 1.165) is 37.3 Å². The van der Waals surface area contributed by atoms with Gasteiger partial charge < -0.3 is 24.6 Å². The first kappa shape index (κ1) is 23.7. The maximum Gasteiger partial charge on any atom is 0.341 e. The molecule has 0 radical (unpaired) electrons. The van der Waals surface area contributed by atoms with Crippen LogP contribution in [0.3, 0.4) is 0 Å². The number of carbonyl (C=O) groups excluding carboxylic acids is 1. The first-order valence-corrected chi connectivity index (χ1v) is 11.1. The lowest BCUT2D eigenvalue weighted by Crippen LogP contribution is -2.31. The number of likely N-dealkylation sites (N-methyl/N-ethyl adjacent to an activating group) is 1. The lowest BCUT2D eigenvalue weighted by atomic mass is 10.1. The highest BCUT2D eigenvalue weighted by Gasteiger charge is 2.27. The Kier molecular flexibility index (Phi) is 6.83. The standard InChI is InChI=1S/C25H28F2N4O3/c1-5-34-25(32)18-13-28-21-12-23(33-4)22(31-9-8-16(14-31)30(2)3)11-17(21)24(18)29-20-7-6-15(26)10-19(20)27/h6-7,10-13,16H,5,8-9,14H2,1-4H3,(H,28,29). The molecule has 1 fully saturated rings. The van der Waals surface area contributed by atoms with Gasteiger partial charge in [-0.15, -0.1) is 0 Å². The van der Waals surface area contributed by atoms with Crippen LogP contribution in [0.1, 0.15) is 23.7 Å². The van der Waals surface area contributed by atoms with Gasteiger partial charge in [-0.25, -0.2) is 13.6 Å². The maximum absolute atomic E-state index is 14.5. The van der Waals surface area contributed by atoms with E-state index in [9.17, 15) is 13.6 Å². The molecule has 0 spiro atoms. The average molecular weight is 471 g/mol. The van der Waals surface area contributed by atoms with Gasteiger partial charge in [0.05, 0.1) is 36.3 Å². The van der Waals surface area contributed by atoms with Gasteiger partial charge in [-0.2, -0.15) is 0 Å². The number of nitrogens with zero attached hydrogens (tertiary/aromatic N) is 3. The largest absolute Gasteiger partial charge is 0.495 e. The number of carbonyl (C=O) groups is 1. The number of fused-ring (bicyclic) bond motifs is 1. The van der Waals surface area contributed by atoms with Crippen molar-refractivity contribution in [2.24, 2.45) is 0 Å². The molecule has 1 unspecified atom stereocenters. The van der Waals surface area contributed by atoms with Crippen molar-refractivity contribution in [3.05, 3.63) is 53.7 Å². The van der Waals surface area contributed by atoms with Crippen molar-refractivity contribution in [3.63, 3.8) is 0 Å². The summed E-state index contributed by atoms with van der Waals surface area (Å²) < 4.78 is 38.8. The number of anilines is 3. The van der Waals surface area contributed by atoms with Crippen LogP contribution in [0.15, 0.2) is 36.5 Å². The summed E-state index contributed by atoms with van der Waals surface area (Å²) in [5.41, 5.74) is 1.93. The first-order valence-electron chi connectivity index (χ1n) is 11.1.